The molecule has 17 heteroatoms. The van der Waals surface area contributed by atoms with Gasteiger partial charge in [0.2, 0.25) is 0 Å². The smallest absolute Gasteiger partial charge is 0.394 e. The zero-order chi connectivity index (χ0) is 23.1. The Balaban J connectivity index is 1.79. The molecule has 0 amide bonds. The summed E-state index contributed by atoms with van der Waals surface area (Å²) in [6.07, 6.45) is -12.4. The molecular formula is C14H24O15S2. The maximum absolute atomic E-state index is 11.2. The van der Waals surface area contributed by atoms with Gasteiger partial charge in [0.05, 0.1) is 19.3 Å². The fraction of sp³-hybridized carbons (Fsp3) is 1.00. The van der Waals surface area contributed by atoms with E-state index in [1.165, 1.54) is 6.92 Å². The third-order valence-electron chi connectivity index (χ3n) is 5.14. The van der Waals surface area contributed by atoms with E-state index in [0.717, 1.165) is 7.11 Å². The Hall–Kier alpha value is -0.540. The summed E-state index contributed by atoms with van der Waals surface area (Å²) < 4.78 is 99.0. The lowest BCUT2D eigenvalue weighted by Gasteiger charge is -2.45. The Labute approximate surface area is 178 Å². The second-order valence-electron chi connectivity index (χ2n) is 7.17. The molecule has 3 aliphatic rings. The van der Waals surface area contributed by atoms with Gasteiger partial charge in [0.1, 0.15) is 48.8 Å². The van der Waals surface area contributed by atoms with E-state index in [1.54, 1.807) is 0 Å². The quantitative estimate of drug-likeness (QED) is 0.247. The average Bonchev–Trinajstić information content (AvgIpc) is 2.94. The molecule has 0 aromatic carbocycles. The number of hydrogen-bond acceptors (Lipinski definition) is 13. The Morgan fingerprint density at radius 2 is 1.58 bits per heavy atom. The van der Waals surface area contributed by atoms with Crippen LogP contribution in [0.4, 0.5) is 0 Å². The lowest BCUT2D eigenvalue weighted by atomic mass is 9.97. The summed E-state index contributed by atoms with van der Waals surface area (Å²) in [4.78, 5) is 0. The van der Waals surface area contributed by atoms with Crippen molar-refractivity contribution in [1.29, 1.82) is 0 Å². The molecule has 0 aromatic rings. The van der Waals surface area contributed by atoms with Crippen LogP contribution < -0.4 is 0 Å². The number of aliphatic hydroxyl groups is 2. The number of fused-ring (bicyclic) bond motifs is 2. The second kappa shape index (κ2) is 9.37. The van der Waals surface area contributed by atoms with E-state index in [4.69, 9.17) is 32.8 Å². The van der Waals surface area contributed by atoms with Crippen LogP contribution in [0.3, 0.4) is 0 Å². The minimum absolute atomic E-state index is 0.0144. The molecule has 4 unspecified atom stereocenters. The molecule has 0 aliphatic carbocycles. The van der Waals surface area contributed by atoms with Crippen molar-refractivity contribution < 1.29 is 68.2 Å². The molecule has 4 N–H and O–H groups in total. The molecule has 3 rings (SSSR count). The molecule has 3 aliphatic heterocycles. The van der Waals surface area contributed by atoms with Crippen molar-refractivity contribution in [3.05, 3.63) is 0 Å². The highest BCUT2D eigenvalue weighted by Gasteiger charge is 2.56. The summed E-state index contributed by atoms with van der Waals surface area (Å²) in [7, 11) is -8.70. The molecule has 2 bridgehead atoms. The fourth-order valence-electron chi connectivity index (χ4n) is 3.90. The lowest BCUT2D eigenvalue weighted by molar-refractivity contribution is -0.326. The van der Waals surface area contributed by atoms with Gasteiger partial charge < -0.3 is 33.9 Å². The van der Waals surface area contributed by atoms with Crippen LogP contribution in [0.5, 0.6) is 0 Å². The van der Waals surface area contributed by atoms with E-state index in [-0.39, 0.29) is 6.61 Å². The summed E-state index contributed by atoms with van der Waals surface area (Å²) in [5, 5.41) is 20.1. The fourth-order valence-corrected chi connectivity index (χ4v) is 4.96. The summed E-state index contributed by atoms with van der Waals surface area (Å²) in [5.74, 6) is 0. The lowest BCUT2D eigenvalue weighted by Crippen LogP contribution is -2.63. The van der Waals surface area contributed by atoms with Crippen molar-refractivity contribution in [2.75, 3.05) is 20.3 Å². The predicted molar refractivity (Wildman–Crippen MR) is 94.3 cm³/mol. The average molecular weight is 496 g/mol. The van der Waals surface area contributed by atoms with Gasteiger partial charge in [-0.25, -0.2) is 8.37 Å². The third kappa shape index (κ3) is 5.69. The maximum Gasteiger partial charge on any atom is 0.397 e. The number of hydrogen-bond donors (Lipinski definition) is 4. The van der Waals surface area contributed by atoms with E-state index >= 15 is 0 Å². The first-order valence-corrected chi connectivity index (χ1v) is 11.8. The van der Waals surface area contributed by atoms with Crippen LogP contribution in [-0.4, -0.2) is 118 Å². The van der Waals surface area contributed by atoms with Gasteiger partial charge in [0, 0.05) is 7.11 Å². The molecule has 31 heavy (non-hydrogen) atoms. The van der Waals surface area contributed by atoms with E-state index in [0.29, 0.717) is 0 Å². The van der Waals surface area contributed by atoms with E-state index in [1.807, 2.05) is 0 Å². The molecule has 0 spiro atoms. The van der Waals surface area contributed by atoms with Gasteiger partial charge in [-0.1, -0.05) is 0 Å². The second-order valence-corrected chi connectivity index (χ2v) is 9.27. The van der Waals surface area contributed by atoms with E-state index in [2.05, 4.69) is 8.37 Å². The summed E-state index contributed by atoms with van der Waals surface area (Å²) in [6, 6.07) is 0. The molecule has 10 atom stereocenters. The topological polar surface area (TPSA) is 214 Å². The first-order valence-electron chi connectivity index (χ1n) is 9.05. The van der Waals surface area contributed by atoms with Gasteiger partial charge in [-0.05, 0) is 6.92 Å². The van der Waals surface area contributed by atoms with Crippen LogP contribution in [-0.2, 0) is 52.8 Å². The van der Waals surface area contributed by atoms with Crippen molar-refractivity contribution >= 4 is 20.8 Å². The Morgan fingerprint density at radius 1 is 0.968 bits per heavy atom. The first-order chi connectivity index (χ1) is 14.3. The van der Waals surface area contributed by atoms with Crippen molar-refractivity contribution in [3.8, 4) is 0 Å². The normalized spacial score (nSPS) is 43.8. The van der Waals surface area contributed by atoms with Gasteiger partial charge in [0.25, 0.3) is 0 Å². The number of aliphatic hydroxyl groups excluding tert-OH is 2. The molecule has 15 nitrogen and oxygen atoms in total. The number of methoxy groups -OCH3 is 1. The number of rotatable bonds is 8. The largest absolute Gasteiger partial charge is 0.397 e. The van der Waals surface area contributed by atoms with Crippen LogP contribution in [0.2, 0.25) is 0 Å². The van der Waals surface area contributed by atoms with Crippen LogP contribution in [0.15, 0.2) is 0 Å². The zero-order valence-corrected chi connectivity index (χ0v) is 17.9. The van der Waals surface area contributed by atoms with Crippen LogP contribution in [0, 0.1) is 0 Å². The van der Waals surface area contributed by atoms with Crippen LogP contribution >= 0.6 is 0 Å². The zero-order valence-electron chi connectivity index (χ0n) is 16.3. The molecule has 0 aromatic heterocycles. The van der Waals surface area contributed by atoms with E-state index < -0.39 is 88.6 Å². The standard InChI is InChI=1S/C14H24O15S2/c1-5-9(28-30(17,18)19)13-10(7(25-5)4-24-13)27-14-8(16)12(23-2)11(6(3-15)26-14)29-31(20,21)22/h5-16H,3-4H2,1-2H3,(H,17,18,19)(H,20,21,22)/t5-,6?,7?,8?,9-,10+,11+,12-,13?,14+/m1/s1. The Morgan fingerprint density at radius 3 is 2.13 bits per heavy atom. The first kappa shape index (κ1) is 25.1. The van der Waals surface area contributed by atoms with E-state index in [9.17, 15) is 27.0 Å². The van der Waals surface area contributed by atoms with Gasteiger partial charge in [0.15, 0.2) is 6.29 Å². The van der Waals surface area contributed by atoms with Crippen molar-refractivity contribution in [2.45, 2.75) is 68.1 Å². The van der Waals surface area contributed by atoms with Crippen molar-refractivity contribution in [1.82, 2.24) is 0 Å². The van der Waals surface area contributed by atoms with Gasteiger partial charge in [-0.3, -0.25) is 9.11 Å². The summed E-state index contributed by atoms with van der Waals surface area (Å²) in [5.41, 5.74) is 0. The minimum atomic E-state index is -4.98. The van der Waals surface area contributed by atoms with Gasteiger partial charge in [-0.15, -0.1) is 0 Å². The van der Waals surface area contributed by atoms with Crippen LogP contribution in [0.25, 0.3) is 0 Å². The SMILES string of the molecule is CO[C@@H]1C(O)[C@H](O[C@H]2C3COC2[C@H](OS(=O)(=O)O)[C@@H](C)O3)OC(CO)[C@@H]1OS(=O)(=O)O. The summed E-state index contributed by atoms with van der Waals surface area (Å²) >= 11 is 0. The Kier molecular flexibility index (Phi) is 7.58. The molecule has 3 fully saturated rings. The molecular weight excluding hydrogens is 472 g/mol. The van der Waals surface area contributed by atoms with Crippen molar-refractivity contribution in [2.24, 2.45) is 0 Å². The molecule has 0 radical (unpaired) electrons. The summed E-state index contributed by atoms with van der Waals surface area (Å²) in [6.45, 7) is 0.703. The van der Waals surface area contributed by atoms with Crippen molar-refractivity contribution in [3.63, 3.8) is 0 Å². The van der Waals surface area contributed by atoms with Crippen LogP contribution in [0.1, 0.15) is 6.92 Å². The molecule has 0 saturated carbocycles. The molecule has 3 saturated heterocycles. The highest BCUT2D eigenvalue weighted by molar-refractivity contribution is 7.81. The minimum Gasteiger partial charge on any atom is -0.394 e. The van der Waals surface area contributed by atoms with Gasteiger partial charge >= 0.3 is 20.8 Å². The highest BCUT2D eigenvalue weighted by Crippen LogP contribution is 2.37. The van der Waals surface area contributed by atoms with Gasteiger partial charge in [-0.2, -0.15) is 16.8 Å². The monoisotopic (exact) mass is 496 g/mol. The molecule has 3 heterocycles. The highest BCUT2D eigenvalue weighted by atomic mass is 32.3. The maximum atomic E-state index is 11.2. The number of ether oxygens (including phenoxy) is 5. The predicted octanol–water partition coefficient (Wildman–Crippen LogP) is -2.97. The third-order valence-corrected chi connectivity index (χ3v) is 6.07. The molecule has 182 valence electrons. The Bertz CT molecular complexity index is 831.